The Bertz CT molecular complexity index is 473. The lowest BCUT2D eigenvalue weighted by molar-refractivity contribution is 0.211. The number of nitrogens with two attached hydrogens (primary N) is 1. The highest BCUT2D eigenvalue weighted by molar-refractivity contribution is 7.89. The fraction of sp³-hybridized carbons (Fsp3) is 0.400. The molecule has 1 unspecified atom stereocenters. The topological polar surface area (TPSA) is 69.4 Å². The first-order valence-corrected chi connectivity index (χ1v) is 6.38. The van der Waals surface area contributed by atoms with Crippen molar-refractivity contribution in [2.45, 2.75) is 31.3 Å². The van der Waals surface area contributed by atoms with E-state index in [-0.39, 0.29) is 16.7 Å². The van der Waals surface area contributed by atoms with Crippen LogP contribution in [0.3, 0.4) is 0 Å². The minimum atomic E-state index is -3.97. The van der Waals surface area contributed by atoms with Crippen LogP contribution >= 0.6 is 0 Å². The van der Waals surface area contributed by atoms with Crippen LogP contribution in [-0.2, 0) is 10.0 Å². The first-order valence-electron chi connectivity index (χ1n) is 4.83. The molecule has 0 aliphatic heterocycles. The minimum Gasteiger partial charge on any atom is -0.489 e. The maximum atomic E-state index is 12.9. The number of primary sulfonamides is 1. The van der Waals surface area contributed by atoms with E-state index >= 15 is 0 Å². The van der Waals surface area contributed by atoms with Gasteiger partial charge >= 0.3 is 0 Å². The van der Waals surface area contributed by atoms with Crippen LogP contribution in [0, 0.1) is 5.82 Å². The summed E-state index contributed by atoms with van der Waals surface area (Å²) in [4.78, 5) is -0.326. The van der Waals surface area contributed by atoms with Gasteiger partial charge in [0, 0.05) is 0 Å². The molecule has 6 heteroatoms. The normalized spacial score (nSPS) is 13.5. The van der Waals surface area contributed by atoms with Gasteiger partial charge in [0.25, 0.3) is 0 Å². The molecule has 0 aliphatic carbocycles. The van der Waals surface area contributed by atoms with Crippen LogP contribution in [0.1, 0.15) is 20.3 Å². The van der Waals surface area contributed by atoms with Gasteiger partial charge in [0.2, 0.25) is 10.0 Å². The number of halogens is 1. The van der Waals surface area contributed by atoms with E-state index in [4.69, 9.17) is 9.88 Å². The Labute approximate surface area is 94.3 Å². The van der Waals surface area contributed by atoms with Gasteiger partial charge in [0.1, 0.15) is 16.5 Å². The van der Waals surface area contributed by atoms with Crippen molar-refractivity contribution >= 4 is 10.0 Å². The Morgan fingerprint density at radius 2 is 2.12 bits per heavy atom. The molecule has 0 fully saturated rings. The van der Waals surface area contributed by atoms with E-state index in [2.05, 4.69) is 0 Å². The zero-order valence-corrected chi connectivity index (χ0v) is 9.92. The van der Waals surface area contributed by atoms with Crippen LogP contribution in [0.25, 0.3) is 0 Å². The average molecular weight is 247 g/mol. The summed E-state index contributed by atoms with van der Waals surface area (Å²) in [6.45, 7) is 3.68. The molecule has 90 valence electrons. The van der Waals surface area contributed by atoms with Gasteiger partial charge in [-0.2, -0.15) is 0 Å². The molecule has 1 rings (SSSR count). The summed E-state index contributed by atoms with van der Waals surface area (Å²) in [6.07, 6.45) is 0.549. The fourth-order valence-corrected chi connectivity index (χ4v) is 1.78. The number of ether oxygens (including phenoxy) is 1. The quantitative estimate of drug-likeness (QED) is 0.879. The molecule has 0 spiro atoms. The minimum absolute atomic E-state index is 0.0817. The number of hydrogen-bond acceptors (Lipinski definition) is 3. The number of hydrogen-bond donors (Lipinski definition) is 1. The Balaban J connectivity index is 3.19. The van der Waals surface area contributed by atoms with E-state index in [0.29, 0.717) is 6.42 Å². The lowest BCUT2D eigenvalue weighted by Gasteiger charge is -2.15. The van der Waals surface area contributed by atoms with Crippen molar-refractivity contribution in [3.05, 3.63) is 24.0 Å². The highest BCUT2D eigenvalue weighted by atomic mass is 32.2. The summed E-state index contributed by atoms with van der Waals surface area (Å²) in [5.41, 5.74) is 0. The molecule has 0 saturated heterocycles. The lowest BCUT2D eigenvalue weighted by Crippen LogP contribution is -2.17. The van der Waals surface area contributed by atoms with Gasteiger partial charge in [0.15, 0.2) is 0 Å². The molecule has 0 saturated carbocycles. The lowest BCUT2D eigenvalue weighted by atomic mass is 10.3. The third kappa shape index (κ3) is 3.18. The fourth-order valence-electron chi connectivity index (χ4n) is 1.10. The third-order valence-electron chi connectivity index (χ3n) is 2.12. The zero-order valence-electron chi connectivity index (χ0n) is 9.10. The molecule has 4 nitrogen and oxygen atoms in total. The highest BCUT2D eigenvalue weighted by Gasteiger charge is 2.17. The van der Waals surface area contributed by atoms with Gasteiger partial charge in [-0.15, -0.1) is 0 Å². The van der Waals surface area contributed by atoms with Crippen LogP contribution in [0.4, 0.5) is 4.39 Å². The molecule has 1 aromatic rings. The predicted molar refractivity (Wildman–Crippen MR) is 58.2 cm³/mol. The molecular formula is C10H14FNO3S. The molecule has 0 amide bonds. The third-order valence-corrected chi connectivity index (χ3v) is 3.05. The SMILES string of the molecule is CCC(C)Oc1ccc(F)cc1S(N)(=O)=O. The van der Waals surface area contributed by atoms with Gasteiger partial charge in [-0.1, -0.05) is 6.92 Å². The van der Waals surface area contributed by atoms with Crippen molar-refractivity contribution in [2.75, 3.05) is 0 Å². The van der Waals surface area contributed by atoms with Gasteiger partial charge < -0.3 is 4.74 Å². The highest BCUT2D eigenvalue weighted by Crippen LogP contribution is 2.24. The van der Waals surface area contributed by atoms with Gasteiger partial charge in [-0.3, -0.25) is 0 Å². The Hall–Kier alpha value is -1.14. The van der Waals surface area contributed by atoms with E-state index in [1.807, 2.05) is 6.92 Å². The number of rotatable bonds is 4. The van der Waals surface area contributed by atoms with Crippen molar-refractivity contribution in [3.8, 4) is 5.75 Å². The van der Waals surface area contributed by atoms with E-state index in [9.17, 15) is 12.8 Å². The van der Waals surface area contributed by atoms with Crippen molar-refractivity contribution in [3.63, 3.8) is 0 Å². The Morgan fingerprint density at radius 3 is 2.62 bits per heavy atom. The van der Waals surface area contributed by atoms with Crippen molar-refractivity contribution < 1.29 is 17.5 Å². The van der Waals surface area contributed by atoms with E-state index in [0.717, 1.165) is 12.1 Å². The maximum Gasteiger partial charge on any atom is 0.241 e. The number of sulfonamides is 1. The molecule has 0 radical (unpaired) electrons. The summed E-state index contributed by atoms with van der Waals surface area (Å²) < 4.78 is 40.7. The second kappa shape index (κ2) is 4.80. The van der Waals surface area contributed by atoms with Crippen LogP contribution in [0.2, 0.25) is 0 Å². The summed E-state index contributed by atoms with van der Waals surface area (Å²) in [7, 11) is -3.97. The average Bonchev–Trinajstić information content (AvgIpc) is 2.19. The van der Waals surface area contributed by atoms with Gasteiger partial charge in [-0.25, -0.2) is 17.9 Å². The van der Waals surface area contributed by atoms with E-state index in [1.54, 1.807) is 6.92 Å². The second-order valence-electron chi connectivity index (χ2n) is 3.47. The summed E-state index contributed by atoms with van der Waals surface area (Å²) in [6, 6.07) is 3.25. The Morgan fingerprint density at radius 1 is 1.50 bits per heavy atom. The first kappa shape index (κ1) is 12.9. The molecule has 0 bridgehead atoms. The zero-order chi connectivity index (χ0) is 12.3. The summed E-state index contributed by atoms with van der Waals surface area (Å²) in [5.74, 6) is -0.584. The van der Waals surface area contributed by atoms with Crippen molar-refractivity contribution in [1.82, 2.24) is 0 Å². The van der Waals surface area contributed by atoms with Gasteiger partial charge in [-0.05, 0) is 31.5 Å². The summed E-state index contributed by atoms with van der Waals surface area (Å²) in [5, 5.41) is 4.97. The molecule has 16 heavy (non-hydrogen) atoms. The van der Waals surface area contributed by atoms with Crippen molar-refractivity contribution in [2.24, 2.45) is 5.14 Å². The second-order valence-corrected chi connectivity index (χ2v) is 5.00. The molecular weight excluding hydrogens is 233 g/mol. The van der Waals surface area contributed by atoms with E-state index in [1.165, 1.54) is 6.07 Å². The van der Waals surface area contributed by atoms with Crippen LogP contribution < -0.4 is 9.88 Å². The van der Waals surface area contributed by atoms with Gasteiger partial charge in [0.05, 0.1) is 6.10 Å². The molecule has 1 atom stereocenters. The molecule has 0 heterocycles. The van der Waals surface area contributed by atoms with E-state index < -0.39 is 15.8 Å². The maximum absolute atomic E-state index is 12.9. The molecule has 2 N–H and O–H groups in total. The molecule has 0 aromatic heterocycles. The summed E-state index contributed by atoms with van der Waals surface area (Å²) >= 11 is 0. The monoisotopic (exact) mass is 247 g/mol. The van der Waals surface area contributed by atoms with Crippen LogP contribution in [0.15, 0.2) is 23.1 Å². The largest absolute Gasteiger partial charge is 0.489 e. The smallest absolute Gasteiger partial charge is 0.241 e. The first-order chi connectivity index (χ1) is 7.34. The standard InChI is InChI=1S/C10H14FNO3S/c1-3-7(2)15-9-5-4-8(11)6-10(9)16(12,13)14/h4-7H,3H2,1-2H3,(H2,12,13,14). The predicted octanol–water partition coefficient (Wildman–Crippen LogP) is 1.65. The Kier molecular flexibility index (Phi) is 3.88. The van der Waals surface area contributed by atoms with Crippen LogP contribution in [-0.4, -0.2) is 14.5 Å². The van der Waals surface area contributed by atoms with Crippen molar-refractivity contribution in [1.29, 1.82) is 0 Å². The molecule has 1 aromatic carbocycles. The molecule has 0 aliphatic rings. The van der Waals surface area contributed by atoms with Crippen LogP contribution in [0.5, 0.6) is 5.75 Å². The number of benzene rings is 1.